The van der Waals surface area contributed by atoms with Crippen LogP contribution in [0.5, 0.6) is 0 Å². The Morgan fingerprint density at radius 1 is 1.23 bits per heavy atom. The van der Waals surface area contributed by atoms with E-state index in [4.69, 9.17) is 9.84 Å². The standard InChI is InChI=1S/C22H24F3NO5/c1-3-14-11(2)16-10-31-20(29)17(16)18(26-21(30)22(23,24)25)15(14)9-6-12-4-7-13(8-5-12)19(27)28/h6,13H,3-5,7-10H2,1-2H3,(H,26,30)(H,27,28). The number of benzene rings is 1. The van der Waals surface area contributed by atoms with E-state index in [0.29, 0.717) is 43.2 Å². The van der Waals surface area contributed by atoms with Crippen molar-refractivity contribution in [3.8, 4) is 0 Å². The lowest BCUT2D eigenvalue weighted by Gasteiger charge is -2.22. The topological polar surface area (TPSA) is 92.7 Å². The maximum absolute atomic E-state index is 13.0. The number of carboxylic acids is 1. The van der Waals surface area contributed by atoms with Crippen LogP contribution in [0.25, 0.3) is 0 Å². The number of allylic oxidation sites excluding steroid dienone is 2. The van der Waals surface area contributed by atoms with E-state index in [9.17, 15) is 27.6 Å². The zero-order valence-electron chi connectivity index (χ0n) is 17.3. The van der Waals surface area contributed by atoms with Gasteiger partial charge in [-0.15, -0.1) is 0 Å². The van der Waals surface area contributed by atoms with Crippen molar-refractivity contribution in [3.05, 3.63) is 39.5 Å². The van der Waals surface area contributed by atoms with E-state index in [2.05, 4.69) is 0 Å². The molecule has 1 saturated carbocycles. The summed E-state index contributed by atoms with van der Waals surface area (Å²) >= 11 is 0. The van der Waals surface area contributed by atoms with E-state index in [1.165, 1.54) is 0 Å². The molecule has 0 spiro atoms. The van der Waals surface area contributed by atoms with Crippen LogP contribution in [0.4, 0.5) is 18.9 Å². The van der Waals surface area contributed by atoms with Crippen molar-refractivity contribution in [1.82, 2.24) is 0 Å². The monoisotopic (exact) mass is 439 g/mol. The van der Waals surface area contributed by atoms with E-state index < -0.39 is 24.0 Å². The molecule has 1 aromatic rings. The number of hydrogen-bond donors (Lipinski definition) is 2. The van der Waals surface area contributed by atoms with Crippen LogP contribution in [0, 0.1) is 12.8 Å². The molecule has 0 saturated heterocycles. The fraction of sp³-hybridized carbons (Fsp3) is 0.500. The molecule has 0 bridgehead atoms. The van der Waals surface area contributed by atoms with Gasteiger partial charge in [0.15, 0.2) is 0 Å². The number of nitrogens with one attached hydrogen (secondary N) is 1. The predicted molar refractivity (Wildman–Crippen MR) is 106 cm³/mol. The van der Waals surface area contributed by atoms with Gasteiger partial charge < -0.3 is 15.2 Å². The second-order valence-corrected chi connectivity index (χ2v) is 7.87. The molecule has 1 amide bonds. The van der Waals surface area contributed by atoms with Crippen molar-refractivity contribution in [2.75, 3.05) is 5.32 Å². The van der Waals surface area contributed by atoms with Crippen LogP contribution in [-0.2, 0) is 33.8 Å². The zero-order chi connectivity index (χ0) is 22.9. The first-order chi connectivity index (χ1) is 14.5. The van der Waals surface area contributed by atoms with E-state index in [-0.39, 0.29) is 30.2 Å². The third-order valence-electron chi connectivity index (χ3n) is 6.10. The van der Waals surface area contributed by atoms with Crippen molar-refractivity contribution in [1.29, 1.82) is 0 Å². The first-order valence-electron chi connectivity index (χ1n) is 10.2. The molecule has 1 heterocycles. The minimum Gasteiger partial charge on any atom is -0.481 e. The number of carbonyl (C=O) groups is 3. The molecule has 31 heavy (non-hydrogen) atoms. The second-order valence-electron chi connectivity index (χ2n) is 7.87. The van der Waals surface area contributed by atoms with Crippen LogP contribution in [0.1, 0.15) is 65.2 Å². The molecule has 1 aromatic carbocycles. The number of cyclic esters (lactones) is 1. The molecular formula is C22H24F3NO5. The van der Waals surface area contributed by atoms with Gasteiger partial charge in [-0.3, -0.25) is 9.59 Å². The summed E-state index contributed by atoms with van der Waals surface area (Å²) in [6.45, 7) is 3.61. The number of rotatable bonds is 5. The second kappa shape index (κ2) is 8.72. The zero-order valence-corrected chi connectivity index (χ0v) is 17.3. The van der Waals surface area contributed by atoms with Crippen LogP contribution in [0.3, 0.4) is 0 Å². The van der Waals surface area contributed by atoms with Gasteiger partial charge in [-0.05, 0) is 62.1 Å². The van der Waals surface area contributed by atoms with E-state index in [1.807, 2.05) is 18.3 Å². The number of aliphatic carboxylic acids is 1. The van der Waals surface area contributed by atoms with Crippen LogP contribution in [-0.4, -0.2) is 29.1 Å². The molecule has 2 aliphatic rings. The van der Waals surface area contributed by atoms with Crippen molar-refractivity contribution in [2.45, 2.75) is 65.2 Å². The largest absolute Gasteiger partial charge is 0.481 e. The van der Waals surface area contributed by atoms with E-state index in [1.54, 1.807) is 6.92 Å². The lowest BCUT2D eigenvalue weighted by atomic mass is 9.84. The normalized spacial score (nSPS) is 18.4. The van der Waals surface area contributed by atoms with E-state index >= 15 is 0 Å². The number of halogens is 3. The van der Waals surface area contributed by atoms with Crippen molar-refractivity contribution < 1.29 is 37.4 Å². The van der Waals surface area contributed by atoms with Crippen LogP contribution >= 0.6 is 0 Å². The Balaban J connectivity index is 2.02. The summed E-state index contributed by atoms with van der Waals surface area (Å²) in [5.74, 6) is -4.11. The maximum Gasteiger partial charge on any atom is 0.471 e. The maximum atomic E-state index is 13.0. The highest BCUT2D eigenvalue weighted by Crippen LogP contribution is 2.39. The van der Waals surface area contributed by atoms with Crippen molar-refractivity contribution in [3.63, 3.8) is 0 Å². The molecule has 1 aliphatic carbocycles. The van der Waals surface area contributed by atoms with Crippen molar-refractivity contribution in [2.24, 2.45) is 5.92 Å². The van der Waals surface area contributed by atoms with Gasteiger partial charge in [-0.1, -0.05) is 18.6 Å². The summed E-state index contributed by atoms with van der Waals surface area (Å²) in [5.41, 5.74) is 3.37. The predicted octanol–water partition coefficient (Wildman–Crippen LogP) is 4.47. The molecular weight excluding hydrogens is 415 g/mol. The highest BCUT2D eigenvalue weighted by Gasteiger charge is 2.41. The number of carbonyl (C=O) groups excluding carboxylic acids is 2. The Hall–Kier alpha value is -2.84. The van der Waals surface area contributed by atoms with Gasteiger partial charge in [0.1, 0.15) is 6.61 Å². The minimum atomic E-state index is -5.10. The van der Waals surface area contributed by atoms with Gasteiger partial charge in [0.05, 0.1) is 17.2 Å². The highest BCUT2D eigenvalue weighted by atomic mass is 19.4. The molecule has 1 fully saturated rings. The molecule has 0 radical (unpaired) electrons. The van der Waals surface area contributed by atoms with Gasteiger partial charge in [-0.25, -0.2) is 4.79 Å². The average molecular weight is 439 g/mol. The van der Waals surface area contributed by atoms with Gasteiger partial charge >= 0.3 is 24.0 Å². The molecule has 0 unspecified atom stereocenters. The molecule has 6 nitrogen and oxygen atoms in total. The Labute approximate surface area is 177 Å². The number of hydrogen-bond acceptors (Lipinski definition) is 4. The fourth-order valence-corrected chi connectivity index (χ4v) is 4.38. The fourth-order valence-electron chi connectivity index (χ4n) is 4.38. The Morgan fingerprint density at radius 3 is 2.42 bits per heavy atom. The Morgan fingerprint density at radius 2 is 1.87 bits per heavy atom. The number of carboxylic acid groups (broad SMARTS) is 1. The highest BCUT2D eigenvalue weighted by molar-refractivity contribution is 6.06. The minimum absolute atomic E-state index is 0.0183. The SMILES string of the molecule is CCc1c(C)c2c(c(NC(=O)C(F)(F)F)c1CC=C1CCC(C(=O)O)CC1)C(=O)OC2. The number of ether oxygens (including phenoxy) is 1. The lowest BCUT2D eigenvalue weighted by molar-refractivity contribution is -0.167. The third-order valence-corrected chi connectivity index (χ3v) is 6.10. The number of fused-ring (bicyclic) bond motifs is 1. The third kappa shape index (κ3) is 4.60. The Kier molecular flexibility index (Phi) is 6.43. The van der Waals surface area contributed by atoms with Crippen LogP contribution < -0.4 is 5.32 Å². The molecule has 168 valence electrons. The number of amides is 1. The number of esters is 1. The smallest absolute Gasteiger partial charge is 0.471 e. The summed E-state index contributed by atoms with van der Waals surface area (Å²) in [5, 5.41) is 11.1. The average Bonchev–Trinajstić information content (AvgIpc) is 3.10. The molecule has 3 rings (SSSR count). The quantitative estimate of drug-likeness (QED) is 0.522. The number of anilines is 1. The molecule has 9 heteroatoms. The molecule has 2 N–H and O–H groups in total. The van der Waals surface area contributed by atoms with Crippen LogP contribution in [0.2, 0.25) is 0 Å². The lowest BCUT2D eigenvalue weighted by Crippen LogP contribution is -2.31. The molecule has 0 atom stereocenters. The summed E-state index contributed by atoms with van der Waals surface area (Å²) < 4.78 is 44.0. The number of alkyl halides is 3. The van der Waals surface area contributed by atoms with Gasteiger partial charge in [-0.2, -0.15) is 13.2 Å². The first kappa shape index (κ1) is 22.8. The van der Waals surface area contributed by atoms with Gasteiger partial charge in [0.2, 0.25) is 0 Å². The summed E-state index contributed by atoms with van der Waals surface area (Å²) in [6.07, 6.45) is -0.292. The van der Waals surface area contributed by atoms with Gasteiger partial charge in [0, 0.05) is 5.56 Å². The summed E-state index contributed by atoms with van der Waals surface area (Å²) in [6, 6.07) is 0. The van der Waals surface area contributed by atoms with Crippen LogP contribution in [0.15, 0.2) is 11.6 Å². The summed E-state index contributed by atoms with van der Waals surface area (Å²) in [7, 11) is 0. The first-order valence-corrected chi connectivity index (χ1v) is 10.2. The van der Waals surface area contributed by atoms with Crippen molar-refractivity contribution >= 4 is 23.5 Å². The Bertz CT molecular complexity index is 955. The van der Waals surface area contributed by atoms with E-state index in [0.717, 1.165) is 16.7 Å². The van der Waals surface area contributed by atoms with Gasteiger partial charge in [0.25, 0.3) is 0 Å². The summed E-state index contributed by atoms with van der Waals surface area (Å²) in [4.78, 5) is 35.2. The molecule has 0 aromatic heterocycles. The molecule has 1 aliphatic heterocycles.